The lowest BCUT2D eigenvalue weighted by atomic mass is 10.0. The van der Waals surface area contributed by atoms with Crippen LogP contribution in [0.15, 0.2) is 173 Å². The molecule has 0 radical (unpaired) electrons. The van der Waals surface area contributed by atoms with Gasteiger partial charge in [-0.25, -0.2) is 9.59 Å². The first-order chi connectivity index (χ1) is 31.9. The van der Waals surface area contributed by atoms with Crippen molar-refractivity contribution in [1.29, 1.82) is 0 Å². The molecule has 2 N–H and O–H groups in total. The van der Waals surface area contributed by atoms with Gasteiger partial charge >= 0.3 is 11.3 Å². The molecule has 4 heterocycles. The molecule has 0 aliphatic rings. The summed E-state index contributed by atoms with van der Waals surface area (Å²) >= 11 is 37.5. The molecular formula is C48H28Cl4N6O6S2. The third-order valence-electron chi connectivity index (χ3n) is 10.6. The van der Waals surface area contributed by atoms with Gasteiger partial charge in [-0.05, 0) is 102 Å². The highest BCUT2D eigenvalue weighted by molar-refractivity contribution is 7.71. The van der Waals surface area contributed by atoms with Gasteiger partial charge in [-0.3, -0.25) is 0 Å². The molecule has 0 fully saturated rings. The number of para-hydroxylation sites is 2. The van der Waals surface area contributed by atoms with Gasteiger partial charge in [-0.2, -0.15) is 9.36 Å². The van der Waals surface area contributed by atoms with E-state index in [0.29, 0.717) is 70.1 Å². The predicted molar refractivity (Wildman–Crippen MR) is 262 cm³/mol. The fourth-order valence-corrected chi connectivity index (χ4v) is 8.92. The molecular weight excluding hydrogens is 963 g/mol. The second-order valence-corrected chi connectivity index (χ2v) is 17.2. The zero-order valence-corrected chi connectivity index (χ0v) is 38.2. The summed E-state index contributed by atoms with van der Waals surface area (Å²) in [6.45, 7) is 0. The average Bonchev–Trinajstić information content (AvgIpc) is 3.89. The van der Waals surface area contributed by atoms with E-state index in [2.05, 4.69) is 15.7 Å². The van der Waals surface area contributed by atoms with Crippen molar-refractivity contribution in [2.45, 2.75) is 12.3 Å². The lowest BCUT2D eigenvalue weighted by molar-refractivity contribution is 0.494. The molecule has 2 atom stereocenters. The summed E-state index contributed by atoms with van der Waals surface area (Å²) in [5.41, 5.74) is 4.60. The van der Waals surface area contributed by atoms with Crippen LogP contribution in [-0.2, 0) is 0 Å². The monoisotopic (exact) mass is 988 g/mol. The van der Waals surface area contributed by atoms with Crippen molar-refractivity contribution in [3.05, 3.63) is 207 Å². The molecule has 10 aromatic rings. The third-order valence-corrected chi connectivity index (χ3v) is 12.3. The molecule has 66 heavy (non-hydrogen) atoms. The fourth-order valence-electron chi connectivity index (χ4n) is 7.44. The highest BCUT2D eigenvalue weighted by atomic mass is 35.5. The Morgan fingerprint density at radius 3 is 1.56 bits per heavy atom. The number of anilines is 2. The highest BCUT2D eigenvalue weighted by Crippen LogP contribution is 2.35. The van der Waals surface area contributed by atoms with Gasteiger partial charge in [0.15, 0.2) is 12.3 Å². The first kappa shape index (κ1) is 43.1. The van der Waals surface area contributed by atoms with Gasteiger partial charge in [0.05, 0.1) is 5.56 Å². The fraction of sp³-hybridized carbons (Fsp3) is 0.0417. The Bertz CT molecular complexity index is 3740. The van der Waals surface area contributed by atoms with Gasteiger partial charge in [-0.15, -0.1) is 10.2 Å². The van der Waals surface area contributed by atoms with E-state index in [1.807, 2.05) is 66.7 Å². The molecule has 6 aromatic carbocycles. The number of benzene rings is 6. The molecule has 0 saturated heterocycles. The van der Waals surface area contributed by atoms with Crippen LogP contribution in [0.1, 0.15) is 23.5 Å². The number of fused-ring (bicyclic) bond motifs is 2. The summed E-state index contributed by atoms with van der Waals surface area (Å²) < 4.78 is 25.8. The smallest absolute Gasteiger partial charge is 0.349 e. The summed E-state index contributed by atoms with van der Waals surface area (Å²) in [4.78, 5) is 25.6. The number of nitrogens with zero attached hydrogens (tertiary/aromatic N) is 4. The molecule has 12 nitrogen and oxygen atoms in total. The molecule has 0 spiro atoms. The largest absolute Gasteiger partial charge is 0.423 e. The van der Waals surface area contributed by atoms with Crippen LogP contribution in [0.25, 0.3) is 56.0 Å². The lowest BCUT2D eigenvalue weighted by Crippen LogP contribution is -2.21. The number of hydrogen-bond donors (Lipinski definition) is 2. The van der Waals surface area contributed by atoms with Gasteiger partial charge < -0.3 is 28.3 Å². The molecule has 18 heteroatoms. The van der Waals surface area contributed by atoms with Crippen LogP contribution in [0.4, 0.5) is 11.4 Å². The molecule has 0 aliphatic heterocycles. The highest BCUT2D eigenvalue weighted by Gasteiger charge is 2.25. The standard InChI is InChI=1S/C48H28Cl4N6O6S2/c49-28-13-19-33(37(51)22-28)42(57-47(65)63-44(55-57)35-24-41(59)61-40-8-4-2-6-32(35)40)53-30-15-9-25(10-16-30)26-11-17-31(18-12-26)54-43(34-20-14-29(50)23-38(34)52)58-48(66)64-45(56-58)36-21-27-5-1-3-7-39(27)62-46(36)60/h1-24,42-43,53-54H. The second kappa shape index (κ2) is 17.9. The number of halogens is 4. The van der Waals surface area contributed by atoms with Gasteiger partial charge in [0.25, 0.3) is 15.6 Å². The third kappa shape index (κ3) is 8.58. The van der Waals surface area contributed by atoms with Crippen LogP contribution in [0.2, 0.25) is 20.1 Å². The topological polar surface area (TPSA) is 146 Å². The van der Waals surface area contributed by atoms with Crippen LogP contribution in [-0.4, -0.2) is 19.6 Å². The first-order valence-corrected chi connectivity index (χ1v) is 22.2. The average molecular weight is 991 g/mol. The van der Waals surface area contributed by atoms with Crippen LogP contribution in [0.3, 0.4) is 0 Å². The van der Waals surface area contributed by atoms with E-state index < -0.39 is 23.6 Å². The number of aromatic nitrogens is 4. The summed E-state index contributed by atoms with van der Waals surface area (Å²) in [5.74, 6) is 0.110. The second-order valence-electron chi connectivity index (χ2n) is 14.8. The van der Waals surface area contributed by atoms with Crippen molar-refractivity contribution < 1.29 is 17.7 Å². The zero-order chi connectivity index (χ0) is 45.6. The molecule has 326 valence electrons. The van der Waals surface area contributed by atoms with E-state index in [9.17, 15) is 9.59 Å². The summed E-state index contributed by atoms with van der Waals surface area (Å²) in [7, 11) is 0. The Kier molecular flexibility index (Phi) is 11.7. The Morgan fingerprint density at radius 2 is 1.02 bits per heavy atom. The number of rotatable bonds is 11. The van der Waals surface area contributed by atoms with Crippen molar-refractivity contribution in [3.63, 3.8) is 0 Å². The van der Waals surface area contributed by atoms with Gasteiger partial charge in [0.1, 0.15) is 16.7 Å². The Hall–Kier alpha value is -6.78. The minimum Gasteiger partial charge on any atom is -0.423 e. The normalized spacial score (nSPS) is 12.4. The molecule has 10 rings (SSSR count). The van der Waals surface area contributed by atoms with E-state index in [1.165, 1.54) is 15.4 Å². The predicted octanol–water partition coefficient (Wildman–Crippen LogP) is 13.9. The summed E-state index contributed by atoms with van der Waals surface area (Å²) in [5, 5.41) is 19.3. The molecule has 2 unspecified atom stereocenters. The van der Waals surface area contributed by atoms with Gasteiger partial charge in [0.2, 0.25) is 5.89 Å². The quantitative estimate of drug-likeness (QED) is 0.0939. The zero-order valence-electron chi connectivity index (χ0n) is 33.6. The maximum atomic E-state index is 13.0. The number of nitrogens with one attached hydrogen (secondary N) is 2. The van der Waals surface area contributed by atoms with Crippen LogP contribution >= 0.6 is 70.8 Å². The maximum Gasteiger partial charge on any atom is 0.349 e. The van der Waals surface area contributed by atoms with E-state index in [-0.39, 0.29) is 27.0 Å². The van der Waals surface area contributed by atoms with Crippen molar-refractivity contribution in [1.82, 2.24) is 19.6 Å². The van der Waals surface area contributed by atoms with E-state index in [1.54, 1.807) is 72.8 Å². The van der Waals surface area contributed by atoms with E-state index in [0.717, 1.165) is 11.1 Å². The maximum absolute atomic E-state index is 13.0. The first-order valence-electron chi connectivity index (χ1n) is 19.8. The molecule has 0 bridgehead atoms. The molecule has 4 aromatic heterocycles. The van der Waals surface area contributed by atoms with Crippen molar-refractivity contribution >= 4 is 104 Å². The lowest BCUT2D eigenvalue weighted by Gasteiger charge is -2.22. The minimum atomic E-state index is -0.786. The minimum absolute atomic E-state index is 0.0160. The Morgan fingerprint density at radius 1 is 0.515 bits per heavy atom. The van der Waals surface area contributed by atoms with E-state index >= 15 is 0 Å². The van der Waals surface area contributed by atoms with Gasteiger partial charge in [-0.1, -0.05) is 119 Å². The Balaban J connectivity index is 0.933. The van der Waals surface area contributed by atoms with Crippen LogP contribution in [0.5, 0.6) is 0 Å². The summed E-state index contributed by atoms with van der Waals surface area (Å²) in [6.07, 6.45) is -1.55. The van der Waals surface area contributed by atoms with Crippen LogP contribution in [0, 0.1) is 9.67 Å². The number of hydrogen-bond acceptors (Lipinski definition) is 12. The molecule has 0 amide bonds. The van der Waals surface area contributed by atoms with E-state index in [4.69, 9.17) is 93.6 Å². The van der Waals surface area contributed by atoms with Crippen molar-refractivity contribution in [2.24, 2.45) is 0 Å². The Labute approximate surface area is 403 Å². The molecule has 0 aliphatic carbocycles. The molecule has 0 saturated carbocycles. The summed E-state index contributed by atoms with van der Waals surface area (Å²) in [6, 6.07) is 42.9. The van der Waals surface area contributed by atoms with Crippen LogP contribution < -0.4 is 21.9 Å². The van der Waals surface area contributed by atoms with Crippen molar-refractivity contribution in [2.75, 3.05) is 10.6 Å². The SMILES string of the molecule is O=c1cc(-c2nn(C(Nc3ccc(-c4ccc(NC(c5ccc(Cl)cc5Cl)n5nc(-c6cc7ccccc7oc6=O)oc5=S)cc4)cc3)c3ccc(Cl)cc3Cl)c(=S)o2)c2ccccc2o1. The van der Waals surface area contributed by atoms with Crippen molar-refractivity contribution in [3.8, 4) is 34.0 Å². The van der Waals surface area contributed by atoms with Gasteiger partial charge in [0, 0.05) is 59.4 Å².